The van der Waals surface area contributed by atoms with Gasteiger partial charge in [-0.2, -0.15) is 0 Å². The van der Waals surface area contributed by atoms with Crippen LogP contribution in [0.15, 0.2) is 53.5 Å². The first kappa shape index (κ1) is 14.8. The second-order valence-electron chi connectivity index (χ2n) is 4.03. The van der Waals surface area contributed by atoms with Gasteiger partial charge >= 0.3 is 0 Å². The van der Waals surface area contributed by atoms with Gasteiger partial charge in [0.2, 0.25) is 0 Å². The number of nitrogens with two attached hydrogens (primary N) is 1. The van der Waals surface area contributed by atoms with E-state index in [9.17, 15) is 0 Å². The molecule has 0 saturated heterocycles. The Labute approximate surface area is 127 Å². The molecule has 0 heterocycles. The van der Waals surface area contributed by atoms with Gasteiger partial charge in [-0.15, -0.1) is 0 Å². The first-order valence-electron chi connectivity index (χ1n) is 6.03. The zero-order valence-corrected chi connectivity index (χ0v) is 12.6. The van der Waals surface area contributed by atoms with E-state index in [0.29, 0.717) is 15.9 Å². The van der Waals surface area contributed by atoms with E-state index in [4.69, 9.17) is 22.1 Å². The highest BCUT2D eigenvalue weighted by molar-refractivity contribution is 8.13. The van der Waals surface area contributed by atoms with Crippen LogP contribution in [-0.2, 0) is 5.75 Å². The number of aliphatic imine (C=N–C) groups is 1. The van der Waals surface area contributed by atoms with E-state index >= 15 is 0 Å². The normalized spacial score (nSPS) is 11.4. The standard InChI is InChI=1S/C15H15ClN2OS/c1-19-14-5-3-2-4-11(14)10-20-15(17)18-13-8-6-12(16)7-9-13/h2-9H,10H2,1H3,(H2,17,18). The van der Waals surface area contributed by atoms with Crippen molar-refractivity contribution in [1.82, 2.24) is 0 Å². The summed E-state index contributed by atoms with van der Waals surface area (Å²) in [6.07, 6.45) is 0. The van der Waals surface area contributed by atoms with Gasteiger partial charge in [-0.05, 0) is 30.3 Å². The smallest absolute Gasteiger partial charge is 0.159 e. The van der Waals surface area contributed by atoms with Gasteiger partial charge in [-0.1, -0.05) is 41.6 Å². The topological polar surface area (TPSA) is 47.6 Å². The number of rotatable bonds is 4. The summed E-state index contributed by atoms with van der Waals surface area (Å²) >= 11 is 7.30. The monoisotopic (exact) mass is 306 g/mol. The van der Waals surface area contributed by atoms with Gasteiger partial charge in [0.15, 0.2) is 5.17 Å². The fourth-order valence-electron chi connectivity index (χ4n) is 1.65. The summed E-state index contributed by atoms with van der Waals surface area (Å²) < 4.78 is 5.30. The molecule has 2 aromatic carbocycles. The molecule has 0 aliphatic carbocycles. The molecule has 20 heavy (non-hydrogen) atoms. The number of para-hydroxylation sites is 1. The second kappa shape index (κ2) is 7.22. The van der Waals surface area contributed by atoms with Gasteiger partial charge in [-0.25, -0.2) is 4.99 Å². The lowest BCUT2D eigenvalue weighted by molar-refractivity contribution is 0.411. The van der Waals surface area contributed by atoms with Crippen LogP contribution >= 0.6 is 23.4 Å². The largest absolute Gasteiger partial charge is 0.496 e. The zero-order valence-electron chi connectivity index (χ0n) is 11.0. The number of hydrogen-bond acceptors (Lipinski definition) is 3. The van der Waals surface area contributed by atoms with Gasteiger partial charge in [0, 0.05) is 16.3 Å². The van der Waals surface area contributed by atoms with Crippen LogP contribution in [0.3, 0.4) is 0 Å². The average molecular weight is 307 g/mol. The van der Waals surface area contributed by atoms with Crippen LogP contribution in [0.25, 0.3) is 0 Å². The van der Waals surface area contributed by atoms with Crippen LogP contribution in [0.1, 0.15) is 5.56 Å². The van der Waals surface area contributed by atoms with Crippen LogP contribution in [-0.4, -0.2) is 12.3 Å². The van der Waals surface area contributed by atoms with Crippen molar-refractivity contribution in [1.29, 1.82) is 0 Å². The number of amidine groups is 1. The molecular formula is C15H15ClN2OS. The molecule has 0 atom stereocenters. The second-order valence-corrected chi connectivity index (χ2v) is 5.46. The Morgan fingerprint density at radius 3 is 2.60 bits per heavy atom. The number of halogens is 1. The molecule has 3 nitrogen and oxygen atoms in total. The summed E-state index contributed by atoms with van der Waals surface area (Å²) in [6, 6.07) is 15.1. The molecule has 0 aliphatic heterocycles. The lowest BCUT2D eigenvalue weighted by Crippen LogP contribution is -2.06. The first-order valence-corrected chi connectivity index (χ1v) is 7.40. The zero-order chi connectivity index (χ0) is 14.4. The highest BCUT2D eigenvalue weighted by Gasteiger charge is 2.03. The van der Waals surface area contributed by atoms with Gasteiger partial charge < -0.3 is 10.5 Å². The third kappa shape index (κ3) is 4.18. The minimum atomic E-state index is 0.512. The summed E-state index contributed by atoms with van der Waals surface area (Å²) in [5.74, 6) is 1.58. The van der Waals surface area contributed by atoms with E-state index in [1.165, 1.54) is 11.8 Å². The first-order chi connectivity index (χ1) is 9.69. The van der Waals surface area contributed by atoms with Crippen LogP contribution in [0.5, 0.6) is 5.75 Å². The van der Waals surface area contributed by atoms with Crippen molar-refractivity contribution in [3.63, 3.8) is 0 Å². The molecule has 0 saturated carbocycles. The number of thioether (sulfide) groups is 1. The quantitative estimate of drug-likeness (QED) is 0.679. The molecule has 0 fully saturated rings. The molecule has 0 aliphatic rings. The highest BCUT2D eigenvalue weighted by atomic mass is 35.5. The molecule has 0 radical (unpaired) electrons. The predicted octanol–water partition coefficient (Wildman–Crippen LogP) is 4.23. The summed E-state index contributed by atoms with van der Waals surface area (Å²) in [4.78, 5) is 4.33. The number of hydrogen-bond donors (Lipinski definition) is 1. The van der Waals surface area contributed by atoms with Crippen molar-refractivity contribution in [3.8, 4) is 5.75 Å². The molecule has 5 heteroatoms. The number of benzene rings is 2. The summed E-state index contributed by atoms with van der Waals surface area (Å²) in [7, 11) is 1.66. The van der Waals surface area contributed by atoms with Crippen LogP contribution in [0.4, 0.5) is 5.69 Å². The minimum absolute atomic E-state index is 0.512. The lowest BCUT2D eigenvalue weighted by Gasteiger charge is -2.07. The van der Waals surface area contributed by atoms with E-state index in [0.717, 1.165) is 17.0 Å². The molecule has 2 N–H and O–H groups in total. The molecule has 104 valence electrons. The molecular weight excluding hydrogens is 292 g/mol. The molecule has 0 amide bonds. The van der Waals surface area contributed by atoms with Crippen LogP contribution in [0, 0.1) is 0 Å². The predicted molar refractivity (Wildman–Crippen MR) is 87.0 cm³/mol. The van der Waals surface area contributed by atoms with Crippen molar-refractivity contribution in [3.05, 3.63) is 59.1 Å². The molecule has 0 unspecified atom stereocenters. The Morgan fingerprint density at radius 1 is 1.20 bits per heavy atom. The maximum absolute atomic E-state index is 5.92. The van der Waals surface area contributed by atoms with Crippen molar-refractivity contribution >= 4 is 34.2 Å². The van der Waals surface area contributed by atoms with E-state index in [1.807, 2.05) is 36.4 Å². The van der Waals surface area contributed by atoms with Crippen LogP contribution in [0.2, 0.25) is 5.02 Å². The maximum Gasteiger partial charge on any atom is 0.159 e. The fourth-order valence-corrected chi connectivity index (χ4v) is 2.49. The summed E-state index contributed by atoms with van der Waals surface area (Å²) in [5.41, 5.74) is 7.81. The van der Waals surface area contributed by atoms with E-state index < -0.39 is 0 Å². The Hall–Kier alpha value is -1.65. The SMILES string of the molecule is COc1ccccc1CSC(N)=Nc1ccc(Cl)cc1. The minimum Gasteiger partial charge on any atom is -0.496 e. The van der Waals surface area contributed by atoms with Crippen molar-refractivity contribution in [2.24, 2.45) is 10.7 Å². The van der Waals surface area contributed by atoms with Crippen molar-refractivity contribution in [2.75, 3.05) is 7.11 Å². The van der Waals surface area contributed by atoms with Crippen molar-refractivity contribution < 1.29 is 4.74 Å². The Balaban J connectivity index is 2.01. The average Bonchev–Trinajstić information content (AvgIpc) is 2.48. The van der Waals surface area contributed by atoms with Crippen molar-refractivity contribution in [2.45, 2.75) is 5.75 Å². The maximum atomic E-state index is 5.92. The Morgan fingerprint density at radius 2 is 1.90 bits per heavy atom. The number of nitrogens with zero attached hydrogens (tertiary/aromatic N) is 1. The summed E-state index contributed by atoms with van der Waals surface area (Å²) in [6.45, 7) is 0. The third-order valence-electron chi connectivity index (χ3n) is 2.63. The number of methoxy groups -OCH3 is 1. The van der Waals surface area contributed by atoms with Gasteiger partial charge in [-0.3, -0.25) is 0 Å². The van der Waals surface area contributed by atoms with E-state index in [2.05, 4.69) is 4.99 Å². The molecule has 0 spiro atoms. The van der Waals surface area contributed by atoms with Gasteiger partial charge in [0.05, 0.1) is 12.8 Å². The van der Waals surface area contributed by atoms with E-state index in [1.54, 1.807) is 19.2 Å². The van der Waals surface area contributed by atoms with Crippen LogP contribution < -0.4 is 10.5 Å². The van der Waals surface area contributed by atoms with E-state index in [-0.39, 0.29) is 0 Å². The van der Waals surface area contributed by atoms with Gasteiger partial charge in [0.25, 0.3) is 0 Å². The lowest BCUT2D eigenvalue weighted by atomic mass is 10.2. The third-order valence-corrected chi connectivity index (χ3v) is 3.73. The molecule has 2 rings (SSSR count). The molecule has 2 aromatic rings. The Kier molecular flexibility index (Phi) is 5.32. The molecule has 0 aromatic heterocycles. The van der Waals surface area contributed by atoms with Gasteiger partial charge in [0.1, 0.15) is 5.75 Å². The highest BCUT2D eigenvalue weighted by Crippen LogP contribution is 2.24. The summed E-state index contributed by atoms with van der Waals surface area (Å²) in [5, 5.41) is 1.20. The Bertz CT molecular complexity index is 599. The fraction of sp³-hybridized carbons (Fsp3) is 0.133. The molecule has 0 bridgehead atoms. The number of ether oxygens (including phenoxy) is 1.